The smallest absolute Gasteiger partial charge is 0.159 e. The summed E-state index contributed by atoms with van der Waals surface area (Å²) in [6.07, 6.45) is 0. The lowest BCUT2D eigenvalue weighted by atomic mass is 9.82. The number of para-hydroxylation sites is 3. The number of furan rings is 1. The molecule has 0 fully saturated rings. The highest BCUT2D eigenvalue weighted by atomic mass is 16.3. The largest absolute Gasteiger partial charge is 0.453 e. The molecular formula is C55H38N2O. The number of rotatable bonds is 5. The molecule has 0 saturated carbocycles. The van der Waals surface area contributed by atoms with Gasteiger partial charge >= 0.3 is 0 Å². The summed E-state index contributed by atoms with van der Waals surface area (Å²) in [5, 5.41) is 7.02. The van der Waals surface area contributed by atoms with Gasteiger partial charge in [-0.1, -0.05) is 153 Å². The summed E-state index contributed by atoms with van der Waals surface area (Å²) < 4.78 is 9.41. The summed E-state index contributed by atoms with van der Waals surface area (Å²) in [6.45, 7) is 4.70. The van der Waals surface area contributed by atoms with Crippen molar-refractivity contribution >= 4 is 71.6 Å². The van der Waals surface area contributed by atoms with Crippen LogP contribution in [0.2, 0.25) is 0 Å². The number of anilines is 3. The van der Waals surface area contributed by atoms with Crippen LogP contribution < -0.4 is 4.90 Å². The molecule has 58 heavy (non-hydrogen) atoms. The molecule has 1 aliphatic carbocycles. The van der Waals surface area contributed by atoms with Crippen LogP contribution in [0.15, 0.2) is 199 Å². The zero-order valence-corrected chi connectivity index (χ0v) is 32.3. The lowest BCUT2D eigenvalue weighted by molar-refractivity contribution is 0.660. The number of fused-ring (bicyclic) bond motifs is 11. The van der Waals surface area contributed by atoms with E-state index in [-0.39, 0.29) is 5.41 Å². The van der Waals surface area contributed by atoms with Crippen molar-refractivity contribution in [1.82, 2.24) is 4.57 Å². The molecule has 2 heterocycles. The first-order valence-electron chi connectivity index (χ1n) is 20.1. The van der Waals surface area contributed by atoms with Gasteiger partial charge in [0, 0.05) is 49.3 Å². The molecule has 0 bridgehead atoms. The average Bonchev–Trinajstić information content (AvgIpc) is 3.91. The zero-order chi connectivity index (χ0) is 38.5. The first kappa shape index (κ1) is 32.8. The molecule has 2 aromatic heterocycles. The molecule has 0 spiro atoms. The van der Waals surface area contributed by atoms with Gasteiger partial charge in [0.15, 0.2) is 5.58 Å². The van der Waals surface area contributed by atoms with E-state index in [2.05, 4.69) is 217 Å². The van der Waals surface area contributed by atoms with Crippen molar-refractivity contribution < 1.29 is 4.42 Å². The molecule has 0 unspecified atom stereocenters. The fourth-order valence-electron chi connectivity index (χ4n) is 9.92. The molecule has 12 rings (SSSR count). The Labute approximate surface area is 336 Å². The van der Waals surface area contributed by atoms with E-state index in [1.807, 2.05) is 0 Å². The van der Waals surface area contributed by atoms with E-state index in [4.69, 9.17) is 4.42 Å². The van der Waals surface area contributed by atoms with Gasteiger partial charge in [-0.15, -0.1) is 0 Å². The van der Waals surface area contributed by atoms with Gasteiger partial charge in [-0.05, 0) is 87.8 Å². The Bertz CT molecular complexity index is 3420. The van der Waals surface area contributed by atoms with Crippen LogP contribution in [0, 0.1) is 0 Å². The summed E-state index contributed by atoms with van der Waals surface area (Å²) in [6, 6.07) is 70.5. The van der Waals surface area contributed by atoms with Gasteiger partial charge in [0.25, 0.3) is 0 Å². The Hall–Kier alpha value is -7.36. The number of hydrogen-bond acceptors (Lipinski definition) is 2. The first-order valence-corrected chi connectivity index (χ1v) is 20.1. The van der Waals surface area contributed by atoms with Gasteiger partial charge < -0.3 is 13.9 Å². The monoisotopic (exact) mass is 742 g/mol. The summed E-state index contributed by atoms with van der Waals surface area (Å²) in [4.78, 5) is 2.43. The summed E-state index contributed by atoms with van der Waals surface area (Å²) in [7, 11) is 0. The van der Waals surface area contributed by atoms with Crippen LogP contribution in [0.5, 0.6) is 0 Å². The highest BCUT2D eigenvalue weighted by Gasteiger charge is 2.38. The summed E-state index contributed by atoms with van der Waals surface area (Å²) in [5.74, 6) is 0. The zero-order valence-electron chi connectivity index (χ0n) is 32.3. The third-order valence-electron chi connectivity index (χ3n) is 12.6. The van der Waals surface area contributed by atoms with Crippen LogP contribution in [0.1, 0.15) is 25.0 Å². The van der Waals surface area contributed by atoms with Gasteiger partial charge in [0.2, 0.25) is 0 Å². The Morgan fingerprint density at radius 3 is 1.97 bits per heavy atom. The van der Waals surface area contributed by atoms with Crippen molar-refractivity contribution in [3.05, 3.63) is 205 Å². The maximum atomic E-state index is 7.03. The van der Waals surface area contributed by atoms with Crippen LogP contribution in [-0.4, -0.2) is 4.57 Å². The van der Waals surface area contributed by atoms with Gasteiger partial charge in [0.1, 0.15) is 5.58 Å². The minimum Gasteiger partial charge on any atom is -0.453 e. The third-order valence-corrected chi connectivity index (χ3v) is 12.6. The van der Waals surface area contributed by atoms with Gasteiger partial charge in [0.05, 0.1) is 22.4 Å². The summed E-state index contributed by atoms with van der Waals surface area (Å²) in [5.41, 5.74) is 16.0. The summed E-state index contributed by atoms with van der Waals surface area (Å²) >= 11 is 0. The Morgan fingerprint density at radius 1 is 0.448 bits per heavy atom. The van der Waals surface area contributed by atoms with Crippen LogP contribution in [0.25, 0.3) is 82.5 Å². The fourth-order valence-corrected chi connectivity index (χ4v) is 9.92. The van der Waals surface area contributed by atoms with Gasteiger partial charge in [-0.2, -0.15) is 0 Å². The van der Waals surface area contributed by atoms with E-state index in [1.54, 1.807) is 0 Å². The number of hydrogen-bond donors (Lipinski definition) is 0. The molecule has 1 aliphatic rings. The molecule has 9 aromatic carbocycles. The SMILES string of the molecule is CC1(C)c2ccccc2-c2c(N(c3ccc(-c4cccc5c4c4ccccc4n5-c4ccccc4)cc3)c3cccc4c3oc3c5ccccc5ccc43)cccc21. The lowest BCUT2D eigenvalue weighted by Gasteiger charge is -2.29. The maximum absolute atomic E-state index is 7.03. The quantitative estimate of drug-likeness (QED) is 0.175. The molecule has 0 atom stereocenters. The average molecular weight is 743 g/mol. The minimum atomic E-state index is -0.140. The van der Waals surface area contributed by atoms with E-state index >= 15 is 0 Å². The minimum absolute atomic E-state index is 0.140. The Balaban J connectivity index is 1.09. The Kier molecular flexibility index (Phi) is 6.98. The molecule has 274 valence electrons. The van der Waals surface area contributed by atoms with E-state index in [0.29, 0.717) is 0 Å². The molecule has 0 saturated heterocycles. The van der Waals surface area contributed by atoms with E-state index in [0.717, 1.165) is 50.1 Å². The van der Waals surface area contributed by atoms with Gasteiger partial charge in [-0.3, -0.25) is 0 Å². The molecule has 3 heteroatoms. The molecule has 11 aromatic rings. The van der Waals surface area contributed by atoms with Crippen molar-refractivity contribution in [1.29, 1.82) is 0 Å². The second kappa shape index (κ2) is 12.3. The molecule has 0 radical (unpaired) electrons. The van der Waals surface area contributed by atoms with Crippen LogP contribution in [0.4, 0.5) is 17.1 Å². The van der Waals surface area contributed by atoms with Crippen LogP contribution in [0.3, 0.4) is 0 Å². The second-order valence-corrected chi connectivity index (χ2v) is 16.1. The highest BCUT2D eigenvalue weighted by Crippen LogP contribution is 2.55. The Morgan fingerprint density at radius 2 is 1.09 bits per heavy atom. The van der Waals surface area contributed by atoms with Crippen LogP contribution in [-0.2, 0) is 5.41 Å². The van der Waals surface area contributed by atoms with Gasteiger partial charge in [-0.25, -0.2) is 0 Å². The number of benzene rings is 9. The maximum Gasteiger partial charge on any atom is 0.159 e. The normalized spacial score (nSPS) is 13.1. The predicted molar refractivity (Wildman–Crippen MR) is 243 cm³/mol. The lowest BCUT2D eigenvalue weighted by Crippen LogP contribution is -2.16. The first-order chi connectivity index (χ1) is 28.6. The van der Waals surface area contributed by atoms with E-state index in [9.17, 15) is 0 Å². The molecule has 0 amide bonds. The molecule has 0 N–H and O–H groups in total. The number of nitrogens with zero attached hydrogens (tertiary/aromatic N) is 2. The molecular weight excluding hydrogens is 705 g/mol. The molecule has 0 aliphatic heterocycles. The van der Waals surface area contributed by atoms with Crippen LogP contribution >= 0.6 is 0 Å². The van der Waals surface area contributed by atoms with Crippen molar-refractivity contribution in [3.8, 4) is 27.9 Å². The van der Waals surface area contributed by atoms with Crippen molar-refractivity contribution in [2.45, 2.75) is 19.3 Å². The standard InChI is InChI=1S/C55H38N2O/c1-55(2)45-23-10-8-19-43(45)52-46(55)24-14-27-49(52)57(50-28-13-22-41-42-34-31-35-15-6-7-18-40(35)53(42)58-54(41)50)38-32-29-36(30-33-38)39-21-12-26-48-51(39)44-20-9-11-25-47(44)56(48)37-16-4-3-5-17-37/h3-34H,1-2H3. The fraction of sp³-hybridized carbons (Fsp3) is 0.0545. The third kappa shape index (κ3) is 4.62. The highest BCUT2D eigenvalue weighted by molar-refractivity contribution is 6.18. The predicted octanol–water partition coefficient (Wildman–Crippen LogP) is 15.3. The topological polar surface area (TPSA) is 21.3 Å². The van der Waals surface area contributed by atoms with Crippen molar-refractivity contribution in [2.75, 3.05) is 4.90 Å². The van der Waals surface area contributed by atoms with Crippen molar-refractivity contribution in [2.24, 2.45) is 0 Å². The van der Waals surface area contributed by atoms with E-state index in [1.165, 1.54) is 60.6 Å². The van der Waals surface area contributed by atoms with Crippen molar-refractivity contribution in [3.63, 3.8) is 0 Å². The van der Waals surface area contributed by atoms with E-state index < -0.39 is 0 Å². The molecule has 3 nitrogen and oxygen atoms in total. The second-order valence-electron chi connectivity index (χ2n) is 16.1. The number of aromatic nitrogens is 1.